The lowest BCUT2D eigenvalue weighted by Crippen LogP contribution is -2.43. The van der Waals surface area contributed by atoms with Crippen LogP contribution in [0.25, 0.3) is 11.1 Å². The van der Waals surface area contributed by atoms with Crippen LogP contribution >= 0.6 is 0 Å². The van der Waals surface area contributed by atoms with Crippen molar-refractivity contribution in [2.75, 3.05) is 6.54 Å². The summed E-state index contributed by atoms with van der Waals surface area (Å²) >= 11 is 0. The maximum absolute atomic E-state index is 14.1. The quantitative estimate of drug-likeness (QED) is 0.560. The molecule has 0 bridgehead atoms. The van der Waals surface area contributed by atoms with E-state index in [-0.39, 0.29) is 42.5 Å². The highest BCUT2D eigenvalue weighted by Crippen LogP contribution is 2.31. The zero-order valence-corrected chi connectivity index (χ0v) is 19.8. The van der Waals surface area contributed by atoms with Gasteiger partial charge in [0.25, 0.3) is 0 Å². The Morgan fingerprint density at radius 2 is 1.83 bits per heavy atom. The molecule has 2 aromatic rings. The summed E-state index contributed by atoms with van der Waals surface area (Å²) < 4.78 is 57.8. The number of aromatic nitrogens is 2. The molecule has 0 spiro atoms. The number of carbonyl (C=O) groups excluding carboxylic acids is 2. The molecule has 0 aromatic carbocycles. The number of nitrogens with zero attached hydrogens (tertiary/aromatic N) is 3. The summed E-state index contributed by atoms with van der Waals surface area (Å²) in [5, 5.41) is 9.47. The van der Waals surface area contributed by atoms with Gasteiger partial charge < -0.3 is 9.84 Å². The Kier molecular flexibility index (Phi) is 7.65. The second-order valence-corrected chi connectivity index (χ2v) is 9.40. The number of Topliss-reactive ketones (excluding diaryl/α,β-unsaturated/α-hetero) is 1. The average molecular weight is 511 g/mol. The average Bonchev–Trinajstić information content (AvgIpc) is 3.17. The van der Waals surface area contributed by atoms with Gasteiger partial charge in [0, 0.05) is 42.1 Å². The first-order chi connectivity index (χ1) is 16.7. The summed E-state index contributed by atoms with van der Waals surface area (Å²) in [5.74, 6) is -1.75. The van der Waals surface area contributed by atoms with Crippen LogP contribution in [0.5, 0.6) is 0 Å². The van der Waals surface area contributed by atoms with Gasteiger partial charge in [0.05, 0.1) is 18.2 Å². The number of ether oxygens (including phenoxy) is 1. The molecule has 12 heteroatoms. The lowest BCUT2D eigenvalue weighted by Gasteiger charge is -2.27. The molecular weight excluding hydrogens is 486 g/mol. The Labute approximate surface area is 204 Å². The Balaban J connectivity index is 1.78. The summed E-state index contributed by atoms with van der Waals surface area (Å²) in [6.07, 6.45) is -5.10. The smallest absolute Gasteiger partial charge is 0.433 e. The minimum Gasteiger partial charge on any atom is -0.478 e. The third kappa shape index (κ3) is 6.55. The van der Waals surface area contributed by atoms with Crippen molar-refractivity contribution in [2.24, 2.45) is 0 Å². The third-order valence-electron chi connectivity index (χ3n) is 5.43. The van der Waals surface area contributed by atoms with Crippen molar-refractivity contribution in [1.29, 1.82) is 0 Å². The third-order valence-corrected chi connectivity index (χ3v) is 5.43. The molecule has 3 rings (SSSR count). The molecule has 0 saturated carbocycles. The van der Waals surface area contributed by atoms with Crippen molar-refractivity contribution < 1.29 is 41.8 Å². The molecule has 3 heterocycles. The lowest BCUT2D eigenvalue weighted by atomic mass is 9.99. The number of alkyl halides is 4. The van der Waals surface area contributed by atoms with E-state index in [0.29, 0.717) is 5.69 Å². The fraction of sp³-hybridized carbons (Fsp3) is 0.458. The molecule has 1 saturated heterocycles. The van der Waals surface area contributed by atoms with Crippen LogP contribution in [0, 0.1) is 0 Å². The molecule has 1 aliphatic rings. The van der Waals surface area contributed by atoms with Crippen LogP contribution in [0.2, 0.25) is 0 Å². The minimum absolute atomic E-state index is 0.0371. The van der Waals surface area contributed by atoms with E-state index >= 15 is 0 Å². The van der Waals surface area contributed by atoms with Crippen LogP contribution in [-0.4, -0.2) is 62.2 Å². The van der Waals surface area contributed by atoms with E-state index < -0.39 is 47.5 Å². The molecule has 1 amide bonds. The number of carbonyl (C=O) groups is 3. The summed E-state index contributed by atoms with van der Waals surface area (Å²) in [6, 6.07) is 2.19. The Bertz CT molecular complexity index is 1150. The molecule has 2 atom stereocenters. The normalized spacial score (nSPS) is 18.2. The fourth-order valence-corrected chi connectivity index (χ4v) is 3.80. The number of pyridine rings is 2. The number of hydrogen-bond donors (Lipinski definition) is 1. The van der Waals surface area contributed by atoms with Crippen LogP contribution in [-0.2, 0) is 22.1 Å². The minimum atomic E-state index is -4.65. The number of hydrogen-bond acceptors (Lipinski definition) is 6. The summed E-state index contributed by atoms with van der Waals surface area (Å²) in [6.45, 7) is 4.70. The van der Waals surface area contributed by atoms with Gasteiger partial charge in [0.1, 0.15) is 17.5 Å². The number of amides is 1. The first-order valence-electron chi connectivity index (χ1n) is 11.1. The van der Waals surface area contributed by atoms with Crippen molar-refractivity contribution >= 4 is 17.8 Å². The SMILES string of the molecule is CC(C)(C)OC(=O)N1C[C@H](F)CC1C(=O)CCc1cc(-c2ccc(C(F)(F)F)nc2)c(C(=O)O)cn1. The molecule has 1 unspecified atom stereocenters. The van der Waals surface area contributed by atoms with Crippen LogP contribution < -0.4 is 0 Å². The van der Waals surface area contributed by atoms with E-state index in [1.165, 1.54) is 6.07 Å². The Morgan fingerprint density at radius 3 is 2.39 bits per heavy atom. The van der Waals surface area contributed by atoms with Crippen LogP contribution in [0.15, 0.2) is 30.6 Å². The van der Waals surface area contributed by atoms with E-state index in [1.807, 2.05) is 0 Å². The van der Waals surface area contributed by atoms with Gasteiger partial charge in [-0.05, 0) is 39.3 Å². The predicted molar refractivity (Wildman–Crippen MR) is 119 cm³/mol. The van der Waals surface area contributed by atoms with Crippen LogP contribution in [0.1, 0.15) is 55.4 Å². The lowest BCUT2D eigenvalue weighted by molar-refractivity contribution is -0.141. The predicted octanol–water partition coefficient (Wildman–Crippen LogP) is 4.71. The second-order valence-electron chi connectivity index (χ2n) is 9.40. The Hall–Kier alpha value is -3.57. The van der Waals surface area contributed by atoms with Crippen molar-refractivity contribution in [3.8, 4) is 11.1 Å². The molecule has 8 nitrogen and oxygen atoms in total. The van der Waals surface area contributed by atoms with E-state index in [2.05, 4.69) is 9.97 Å². The molecule has 194 valence electrons. The molecule has 36 heavy (non-hydrogen) atoms. The first-order valence-corrected chi connectivity index (χ1v) is 11.1. The highest BCUT2D eigenvalue weighted by molar-refractivity contribution is 5.95. The van der Waals surface area contributed by atoms with E-state index in [0.717, 1.165) is 29.4 Å². The van der Waals surface area contributed by atoms with Gasteiger partial charge in [0.2, 0.25) is 0 Å². The maximum atomic E-state index is 14.1. The number of rotatable bonds is 6. The number of ketones is 1. The van der Waals surface area contributed by atoms with Gasteiger partial charge in [-0.2, -0.15) is 13.2 Å². The van der Waals surface area contributed by atoms with Gasteiger partial charge in [-0.15, -0.1) is 0 Å². The summed E-state index contributed by atoms with van der Waals surface area (Å²) in [5.41, 5.74) is -1.69. The summed E-state index contributed by atoms with van der Waals surface area (Å²) in [7, 11) is 0. The van der Waals surface area contributed by atoms with Crippen molar-refractivity contribution in [3.05, 3.63) is 47.5 Å². The molecule has 2 aromatic heterocycles. The van der Waals surface area contributed by atoms with E-state index in [1.54, 1.807) is 20.8 Å². The highest BCUT2D eigenvalue weighted by atomic mass is 19.4. The molecule has 0 aliphatic carbocycles. The second kappa shape index (κ2) is 10.2. The molecule has 1 fully saturated rings. The van der Waals surface area contributed by atoms with Gasteiger partial charge in [-0.1, -0.05) is 6.07 Å². The monoisotopic (exact) mass is 511 g/mol. The van der Waals surface area contributed by atoms with Gasteiger partial charge in [-0.3, -0.25) is 19.7 Å². The summed E-state index contributed by atoms with van der Waals surface area (Å²) in [4.78, 5) is 45.4. The number of carboxylic acid groups (broad SMARTS) is 1. The largest absolute Gasteiger partial charge is 0.478 e. The highest BCUT2D eigenvalue weighted by Gasteiger charge is 2.41. The topological polar surface area (TPSA) is 110 Å². The number of likely N-dealkylation sites (tertiary alicyclic amines) is 1. The van der Waals surface area contributed by atoms with Crippen molar-refractivity contribution in [3.63, 3.8) is 0 Å². The fourth-order valence-electron chi connectivity index (χ4n) is 3.80. The molecule has 0 radical (unpaired) electrons. The standard InChI is InChI=1S/C24H25F4N3O5/c1-23(2,3)36-22(35)31-12-14(25)8-18(31)19(32)6-5-15-9-16(17(11-29-15)21(33)34)13-4-7-20(30-10-13)24(26,27)28/h4,7,9-11,14,18H,5-6,8,12H2,1-3H3,(H,33,34)/t14-,18?/m1/s1. The van der Waals surface area contributed by atoms with Gasteiger partial charge in [0.15, 0.2) is 5.78 Å². The molecular formula is C24H25F4N3O5. The van der Waals surface area contributed by atoms with Gasteiger partial charge in [-0.25, -0.2) is 14.0 Å². The van der Waals surface area contributed by atoms with Gasteiger partial charge >= 0.3 is 18.2 Å². The van der Waals surface area contributed by atoms with E-state index in [4.69, 9.17) is 4.74 Å². The number of halogens is 4. The Morgan fingerprint density at radius 1 is 1.14 bits per heavy atom. The number of carboxylic acids is 1. The van der Waals surface area contributed by atoms with Crippen molar-refractivity contribution in [1.82, 2.24) is 14.9 Å². The van der Waals surface area contributed by atoms with Crippen LogP contribution in [0.4, 0.5) is 22.4 Å². The first kappa shape index (κ1) is 27.0. The number of aromatic carboxylic acids is 1. The van der Waals surface area contributed by atoms with E-state index in [9.17, 15) is 37.1 Å². The van der Waals surface area contributed by atoms with Crippen LogP contribution in [0.3, 0.4) is 0 Å². The zero-order chi connectivity index (χ0) is 26.8. The molecule has 1 aliphatic heterocycles. The zero-order valence-electron chi connectivity index (χ0n) is 19.8. The van der Waals surface area contributed by atoms with Crippen molar-refractivity contribution in [2.45, 2.75) is 64.0 Å². The maximum Gasteiger partial charge on any atom is 0.433 e. The number of aryl methyl sites for hydroxylation is 1. The molecule has 1 N–H and O–H groups in total.